The molecule has 7 N–H and O–H groups in total. The average Bonchev–Trinajstić information content (AvgIpc) is 3.42. The van der Waals surface area contributed by atoms with Crippen LogP contribution in [0.25, 0.3) is 0 Å². The zero-order valence-electron chi connectivity index (χ0n) is 25.8. The Balaban J connectivity index is 1.20. The number of aliphatic hydroxyl groups excluding tert-OH is 6. The van der Waals surface area contributed by atoms with Gasteiger partial charge >= 0.3 is 0 Å². The van der Waals surface area contributed by atoms with Gasteiger partial charge in [-0.15, -0.1) is 0 Å². The Hall–Kier alpha value is -0.440. The molecule has 0 bridgehead atoms. The van der Waals surface area contributed by atoms with Crippen molar-refractivity contribution < 1.29 is 54.7 Å². The second-order valence-corrected chi connectivity index (χ2v) is 15.9. The molecule has 7 fully saturated rings. The number of hydrogen-bond acceptors (Lipinski definition) is 11. The Morgan fingerprint density at radius 1 is 0.791 bits per heavy atom. The third-order valence-electron chi connectivity index (χ3n) is 14.1. The van der Waals surface area contributed by atoms with E-state index in [4.69, 9.17) is 18.9 Å². The molecular formula is C32H52O11. The summed E-state index contributed by atoms with van der Waals surface area (Å²) in [5.41, 5.74) is -2.98. The van der Waals surface area contributed by atoms with E-state index in [0.717, 1.165) is 38.7 Å². The highest BCUT2D eigenvalue weighted by molar-refractivity contribution is 5.23. The van der Waals surface area contributed by atoms with Gasteiger partial charge in [0.15, 0.2) is 12.1 Å². The molecule has 43 heavy (non-hydrogen) atoms. The summed E-state index contributed by atoms with van der Waals surface area (Å²) in [7, 11) is 0. The van der Waals surface area contributed by atoms with E-state index in [0.29, 0.717) is 24.2 Å². The van der Waals surface area contributed by atoms with Gasteiger partial charge in [-0.1, -0.05) is 27.7 Å². The largest absolute Gasteiger partial charge is 0.388 e. The fraction of sp³-hybridized carbons (Fsp3) is 1.00. The average molecular weight is 613 g/mol. The van der Waals surface area contributed by atoms with Crippen molar-refractivity contribution in [3.63, 3.8) is 0 Å². The van der Waals surface area contributed by atoms with Gasteiger partial charge in [0, 0.05) is 17.8 Å². The van der Waals surface area contributed by atoms with Gasteiger partial charge in [-0.3, -0.25) is 0 Å². The van der Waals surface area contributed by atoms with Crippen LogP contribution in [0.1, 0.15) is 72.6 Å². The van der Waals surface area contributed by atoms with E-state index >= 15 is 0 Å². The Bertz CT molecular complexity index is 1070. The minimum Gasteiger partial charge on any atom is -0.388 e. The summed E-state index contributed by atoms with van der Waals surface area (Å²) in [6.07, 6.45) is -6.43. The smallest absolute Gasteiger partial charge is 0.186 e. The molecule has 0 aromatic heterocycles. The van der Waals surface area contributed by atoms with Crippen molar-refractivity contribution in [1.29, 1.82) is 0 Å². The fourth-order valence-corrected chi connectivity index (χ4v) is 11.6. The lowest BCUT2D eigenvalue weighted by atomic mass is 9.41. The van der Waals surface area contributed by atoms with Crippen LogP contribution in [0.3, 0.4) is 0 Å². The van der Waals surface area contributed by atoms with Crippen LogP contribution in [0.4, 0.5) is 0 Å². The van der Waals surface area contributed by atoms with Crippen molar-refractivity contribution in [2.75, 3.05) is 13.2 Å². The number of rotatable bonds is 2. The first-order chi connectivity index (χ1) is 20.2. The first-order valence-electron chi connectivity index (χ1n) is 16.6. The standard InChI is InChI=1S/C32H52O11/c1-14-5-10-32(41-12-14)15(2)21-20(43-32)11-18-16-6-9-31(39)26(38)23(35)24(36)27(30(31,4)17(16)7-8-29(18,21)3)42-28-25(37)22(34)19(33)13-40-28/h14-28,33-39H,5-13H2,1-4H3/t14?,15-,16+,17-,18-,19+,20-,21-,22-,23?,24?,25+,26?,27?,28-,29-,30-,31?,32+/m0/s1. The van der Waals surface area contributed by atoms with Crippen LogP contribution >= 0.6 is 0 Å². The van der Waals surface area contributed by atoms with Crippen LogP contribution in [0.15, 0.2) is 0 Å². The van der Waals surface area contributed by atoms with Crippen LogP contribution in [-0.2, 0) is 18.9 Å². The highest BCUT2D eigenvalue weighted by atomic mass is 16.7. The van der Waals surface area contributed by atoms with Crippen molar-refractivity contribution in [3.8, 4) is 0 Å². The predicted molar refractivity (Wildman–Crippen MR) is 150 cm³/mol. The predicted octanol–water partition coefficient (Wildman–Crippen LogP) is 0.284. The molecule has 7 aliphatic rings. The third-order valence-corrected chi connectivity index (χ3v) is 14.1. The van der Waals surface area contributed by atoms with E-state index in [1.165, 1.54) is 0 Å². The molecule has 0 aromatic rings. The SMILES string of the molecule is CC1CC[C@@]2(OC1)O[C@H]1C[C@H]3[C@@H]4CCC5(O)C(O)C(O)C(O)C(O[C@@H]6OC[C@@H](O)[C@H](O)[C@H]6O)[C@]5(C)[C@H]4CC[C@]3(C)[C@H]1[C@@H]2C. The molecule has 11 heteroatoms. The van der Waals surface area contributed by atoms with Gasteiger partial charge in [-0.2, -0.15) is 0 Å². The topological polar surface area (TPSA) is 179 Å². The summed E-state index contributed by atoms with van der Waals surface area (Å²) in [5.74, 6) is 0.888. The Labute approximate surface area is 253 Å². The second kappa shape index (κ2) is 10.3. The zero-order valence-corrected chi connectivity index (χ0v) is 25.8. The molecule has 3 aliphatic heterocycles. The molecule has 0 radical (unpaired) electrons. The molecule has 1 spiro atoms. The first kappa shape index (κ1) is 31.2. The molecule has 0 aromatic carbocycles. The molecule has 3 saturated heterocycles. The van der Waals surface area contributed by atoms with Crippen LogP contribution < -0.4 is 0 Å². The van der Waals surface area contributed by atoms with E-state index in [2.05, 4.69) is 20.8 Å². The quantitative estimate of drug-likeness (QED) is 0.228. The van der Waals surface area contributed by atoms with Crippen molar-refractivity contribution in [3.05, 3.63) is 0 Å². The van der Waals surface area contributed by atoms with Gasteiger partial charge in [0.05, 0.1) is 25.4 Å². The fourth-order valence-electron chi connectivity index (χ4n) is 11.6. The molecule has 0 amide bonds. The number of hydrogen-bond donors (Lipinski definition) is 7. The Morgan fingerprint density at radius 2 is 1.53 bits per heavy atom. The van der Waals surface area contributed by atoms with Crippen molar-refractivity contribution in [2.24, 2.45) is 46.3 Å². The van der Waals surface area contributed by atoms with Crippen molar-refractivity contribution in [2.45, 2.75) is 139 Å². The highest BCUT2D eigenvalue weighted by Gasteiger charge is 2.75. The summed E-state index contributed by atoms with van der Waals surface area (Å²) in [6.45, 7) is 9.18. The zero-order chi connectivity index (χ0) is 30.9. The van der Waals surface area contributed by atoms with Crippen molar-refractivity contribution >= 4 is 0 Å². The first-order valence-corrected chi connectivity index (χ1v) is 16.6. The molecule has 11 nitrogen and oxygen atoms in total. The maximum atomic E-state index is 12.3. The third kappa shape index (κ3) is 4.06. The summed E-state index contributed by atoms with van der Waals surface area (Å²) < 4.78 is 25.1. The maximum absolute atomic E-state index is 12.3. The van der Waals surface area contributed by atoms with Gasteiger partial charge in [0.1, 0.15) is 42.2 Å². The van der Waals surface area contributed by atoms with Gasteiger partial charge in [0.25, 0.3) is 0 Å². The second-order valence-electron chi connectivity index (χ2n) is 15.9. The molecule has 19 atom stereocenters. The van der Waals surface area contributed by atoms with Crippen LogP contribution in [-0.4, -0.2) is 115 Å². The highest BCUT2D eigenvalue weighted by Crippen LogP contribution is 2.72. The monoisotopic (exact) mass is 612 g/mol. The van der Waals surface area contributed by atoms with E-state index in [1.807, 2.05) is 6.92 Å². The molecule has 4 saturated carbocycles. The summed E-state index contributed by atoms with van der Waals surface area (Å²) in [6, 6.07) is 0. The molecule has 7 rings (SSSR count). The number of fused-ring (bicyclic) bond motifs is 7. The van der Waals surface area contributed by atoms with E-state index in [-0.39, 0.29) is 42.3 Å². The molecular weight excluding hydrogens is 560 g/mol. The molecule has 3 heterocycles. The van der Waals surface area contributed by atoms with Gasteiger partial charge in [-0.25, -0.2) is 0 Å². The van der Waals surface area contributed by atoms with Crippen LogP contribution in [0.2, 0.25) is 0 Å². The number of ether oxygens (including phenoxy) is 4. The van der Waals surface area contributed by atoms with E-state index in [1.54, 1.807) is 0 Å². The lowest BCUT2D eigenvalue weighted by molar-refractivity contribution is -0.368. The summed E-state index contributed by atoms with van der Waals surface area (Å²) in [4.78, 5) is 0. The van der Waals surface area contributed by atoms with Gasteiger partial charge in [-0.05, 0) is 73.5 Å². The van der Waals surface area contributed by atoms with Gasteiger partial charge in [0.2, 0.25) is 0 Å². The minimum atomic E-state index is -1.77. The molecule has 6 unspecified atom stereocenters. The molecule has 4 aliphatic carbocycles. The Kier molecular flexibility index (Phi) is 7.45. The normalized spacial score (nSPS) is 63.3. The minimum absolute atomic E-state index is 0.00230. The van der Waals surface area contributed by atoms with Gasteiger partial charge < -0.3 is 54.7 Å². The number of aliphatic hydroxyl groups is 7. The summed E-state index contributed by atoms with van der Waals surface area (Å²) in [5, 5.41) is 76.8. The maximum Gasteiger partial charge on any atom is 0.186 e. The van der Waals surface area contributed by atoms with E-state index in [9.17, 15) is 35.7 Å². The van der Waals surface area contributed by atoms with Crippen molar-refractivity contribution in [1.82, 2.24) is 0 Å². The van der Waals surface area contributed by atoms with Crippen LogP contribution in [0.5, 0.6) is 0 Å². The van der Waals surface area contributed by atoms with Crippen LogP contribution in [0, 0.1) is 46.3 Å². The lowest BCUT2D eigenvalue weighted by Gasteiger charge is -2.67. The Morgan fingerprint density at radius 3 is 2.23 bits per heavy atom. The van der Waals surface area contributed by atoms with E-state index < -0.39 is 65.8 Å². The molecule has 246 valence electrons. The lowest BCUT2D eigenvalue weighted by Crippen LogP contribution is -2.78. The summed E-state index contributed by atoms with van der Waals surface area (Å²) >= 11 is 0.